The first-order valence-corrected chi connectivity index (χ1v) is 9.90. The molecule has 4 bridgehead atoms. The minimum Gasteiger partial charge on any atom is -0.494 e. The Kier molecular flexibility index (Phi) is 5.63. The Morgan fingerprint density at radius 3 is 2.14 bits per heavy atom. The van der Waals surface area contributed by atoms with Gasteiger partial charge in [0.25, 0.3) is 0 Å². The van der Waals surface area contributed by atoms with Crippen LogP contribution in [0.3, 0.4) is 0 Å². The summed E-state index contributed by atoms with van der Waals surface area (Å²) < 4.78 is 11.1. The van der Waals surface area contributed by atoms with Crippen LogP contribution in [-0.2, 0) is 9.53 Å². The largest absolute Gasteiger partial charge is 0.494 e. The Morgan fingerprint density at radius 1 is 0.964 bits per heavy atom. The van der Waals surface area contributed by atoms with Crippen LogP contribution in [0.15, 0.2) is 24.3 Å². The molecule has 1 aromatic rings. The molecule has 152 valence electrons. The number of methoxy groups -OCH3 is 1. The van der Waals surface area contributed by atoms with Crippen LogP contribution in [0.1, 0.15) is 29.6 Å². The van der Waals surface area contributed by atoms with Crippen molar-refractivity contribution in [2.45, 2.75) is 19.3 Å². The molecule has 0 aliphatic carbocycles. The quantitative estimate of drug-likeness (QED) is 0.271. The molecule has 0 N–H and O–H groups in total. The lowest BCUT2D eigenvalue weighted by atomic mass is 10.1. The number of ketones is 1. The molecule has 0 unspecified atom stereocenters. The summed E-state index contributed by atoms with van der Waals surface area (Å²) in [7, 11) is 1.40. The number of ether oxygens (including phenoxy) is 2. The third kappa shape index (κ3) is 4.35. The van der Waals surface area contributed by atoms with Gasteiger partial charge >= 0.3 is 5.97 Å². The van der Waals surface area contributed by atoms with Gasteiger partial charge in [-0.25, -0.2) is 14.7 Å². The zero-order valence-corrected chi connectivity index (χ0v) is 16.5. The van der Waals surface area contributed by atoms with E-state index in [4.69, 9.17) is 4.74 Å². The maximum absolute atomic E-state index is 12.9. The predicted molar refractivity (Wildman–Crippen MR) is 102 cm³/mol. The molecule has 1 aromatic carbocycles. The van der Waals surface area contributed by atoms with Crippen molar-refractivity contribution >= 4 is 11.8 Å². The monoisotopic (exact) mass is 389 g/mol. The second-order valence-electron chi connectivity index (χ2n) is 8.19. The molecule has 4 aliphatic rings. The van der Waals surface area contributed by atoms with E-state index in [-0.39, 0.29) is 11.8 Å². The minimum absolute atomic E-state index is 0.189. The van der Waals surface area contributed by atoms with Crippen molar-refractivity contribution in [3.05, 3.63) is 29.8 Å². The van der Waals surface area contributed by atoms with Gasteiger partial charge in [-0.1, -0.05) is 0 Å². The van der Waals surface area contributed by atoms with E-state index in [1.54, 1.807) is 0 Å². The van der Waals surface area contributed by atoms with Crippen LogP contribution in [0.4, 0.5) is 0 Å². The van der Waals surface area contributed by atoms with Gasteiger partial charge in [0.1, 0.15) is 32.3 Å². The molecule has 0 radical (unpaired) electrons. The highest BCUT2D eigenvalue weighted by Gasteiger charge is 2.49. The van der Waals surface area contributed by atoms with Crippen molar-refractivity contribution in [1.29, 1.82) is 0 Å². The van der Waals surface area contributed by atoms with Crippen molar-refractivity contribution in [3.63, 3.8) is 0 Å². The molecular weight excluding hydrogens is 360 g/mol. The fourth-order valence-corrected chi connectivity index (χ4v) is 4.60. The molecule has 0 aromatic heterocycles. The van der Waals surface area contributed by atoms with Crippen molar-refractivity contribution in [2.24, 2.45) is 0 Å². The first kappa shape index (κ1) is 19.3. The highest BCUT2D eigenvalue weighted by molar-refractivity contribution is 5.97. The Labute approximate surface area is 165 Å². The number of hydrogen-bond donors (Lipinski definition) is 0. The zero-order chi connectivity index (χ0) is 19.6. The Hall–Kier alpha value is -2.00. The summed E-state index contributed by atoms with van der Waals surface area (Å²) in [6.45, 7) is 7.05. The molecule has 8 heteroatoms. The van der Waals surface area contributed by atoms with Crippen LogP contribution < -0.4 is 4.74 Å². The molecule has 5 rings (SSSR count). The van der Waals surface area contributed by atoms with Gasteiger partial charge in [0.2, 0.25) is 5.78 Å². The van der Waals surface area contributed by atoms with Gasteiger partial charge in [-0.15, -0.1) is 0 Å². The molecule has 4 saturated heterocycles. The number of nitrogens with zero attached hydrogens (tertiary/aromatic N) is 4. The van der Waals surface area contributed by atoms with Crippen LogP contribution in [0, 0.1) is 0 Å². The molecule has 0 saturated carbocycles. The van der Waals surface area contributed by atoms with Crippen LogP contribution in [0.25, 0.3) is 0 Å². The molecule has 0 spiro atoms. The highest BCUT2D eigenvalue weighted by atomic mass is 16.5. The molecule has 4 heterocycles. The van der Waals surface area contributed by atoms with E-state index in [9.17, 15) is 9.59 Å². The maximum Gasteiger partial charge on any atom is 0.305 e. The van der Waals surface area contributed by atoms with Crippen LogP contribution in [-0.4, -0.2) is 91.2 Å². The lowest BCUT2D eigenvalue weighted by Crippen LogP contribution is -2.79. The van der Waals surface area contributed by atoms with E-state index in [1.165, 1.54) is 7.11 Å². The van der Waals surface area contributed by atoms with Gasteiger partial charge in [-0.05, 0) is 37.1 Å². The van der Waals surface area contributed by atoms with Crippen molar-refractivity contribution in [3.8, 4) is 5.75 Å². The van der Waals surface area contributed by atoms with E-state index in [2.05, 4.69) is 19.4 Å². The molecular formula is C20H29N4O4+. The van der Waals surface area contributed by atoms with E-state index in [0.717, 1.165) is 68.6 Å². The SMILES string of the molecule is COC(=O)CCCCOc1ccc(C(=O)C[N+]23CN4CN(CN(C4)C2)C3)cc1. The van der Waals surface area contributed by atoms with Gasteiger partial charge in [-0.2, -0.15) is 0 Å². The number of carbonyl (C=O) groups is 2. The predicted octanol–water partition coefficient (Wildman–Crippen LogP) is 1.10. The second kappa shape index (κ2) is 8.16. The second-order valence-corrected chi connectivity index (χ2v) is 8.19. The van der Waals surface area contributed by atoms with Crippen molar-refractivity contribution in [1.82, 2.24) is 14.7 Å². The standard InChI is InChI=1S/C20H29N4O4/c1-27-20(26)4-2-3-9-28-18-7-5-17(6-8-18)19(25)10-24-14-21-11-22(15-24)13-23(12-21)16-24/h5-8H,2-4,9-16H2,1H3/q+1. The Bertz CT molecular complexity index is 686. The topological polar surface area (TPSA) is 62.3 Å². The minimum atomic E-state index is -0.189. The third-order valence-electron chi connectivity index (χ3n) is 5.63. The number of carbonyl (C=O) groups excluding carboxylic acids is 2. The number of Topliss-reactive ketones (excluding diaryl/α,β-unsaturated/α-hetero) is 1. The van der Waals surface area contributed by atoms with Crippen molar-refractivity contribution < 1.29 is 23.5 Å². The summed E-state index contributed by atoms with van der Waals surface area (Å²) in [5.74, 6) is 0.753. The molecule has 8 nitrogen and oxygen atoms in total. The molecule has 4 fully saturated rings. The van der Waals surface area contributed by atoms with E-state index in [0.29, 0.717) is 19.6 Å². The third-order valence-corrected chi connectivity index (χ3v) is 5.63. The van der Waals surface area contributed by atoms with E-state index >= 15 is 0 Å². The number of rotatable bonds is 9. The molecule has 28 heavy (non-hydrogen) atoms. The zero-order valence-electron chi connectivity index (χ0n) is 16.5. The summed E-state index contributed by atoms with van der Waals surface area (Å²) >= 11 is 0. The first-order chi connectivity index (χ1) is 13.5. The molecule has 0 atom stereocenters. The molecule has 4 aliphatic heterocycles. The lowest BCUT2D eigenvalue weighted by Gasteiger charge is -2.60. The van der Waals surface area contributed by atoms with Crippen LogP contribution >= 0.6 is 0 Å². The highest BCUT2D eigenvalue weighted by Crippen LogP contribution is 2.29. The van der Waals surface area contributed by atoms with Crippen LogP contribution in [0.5, 0.6) is 5.75 Å². The summed E-state index contributed by atoms with van der Waals surface area (Å²) in [5.41, 5.74) is 0.743. The van der Waals surface area contributed by atoms with Crippen LogP contribution in [0.2, 0.25) is 0 Å². The number of esters is 1. The Balaban J connectivity index is 1.26. The summed E-state index contributed by atoms with van der Waals surface area (Å²) in [5, 5.41) is 0. The van der Waals surface area contributed by atoms with Gasteiger partial charge in [0.05, 0.1) is 33.7 Å². The van der Waals surface area contributed by atoms with Gasteiger partial charge < -0.3 is 9.47 Å². The van der Waals surface area contributed by atoms with Crippen molar-refractivity contribution in [2.75, 3.05) is 60.3 Å². The number of quaternary nitrogens is 1. The number of unbranched alkanes of at least 4 members (excludes halogenated alkanes) is 1. The smallest absolute Gasteiger partial charge is 0.305 e. The Morgan fingerprint density at radius 2 is 1.57 bits per heavy atom. The summed E-state index contributed by atoms with van der Waals surface area (Å²) in [6.07, 6.45) is 1.95. The summed E-state index contributed by atoms with van der Waals surface area (Å²) in [4.78, 5) is 31.2. The number of benzene rings is 1. The lowest BCUT2D eigenvalue weighted by molar-refractivity contribution is -0.973. The van der Waals surface area contributed by atoms with Gasteiger partial charge in [-0.3, -0.25) is 14.1 Å². The molecule has 0 amide bonds. The average Bonchev–Trinajstić information content (AvgIpc) is 2.66. The maximum atomic E-state index is 12.9. The average molecular weight is 389 g/mol. The normalized spacial score (nSPS) is 30.2. The fraction of sp³-hybridized carbons (Fsp3) is 0.600. The first-order valence-electron chi connectivity index (χ1n) is 9.90. The van der Waals surface area contributed by atoms with Gasteiger partial charge in [0, 0.05) is 12.0 Å². The summed E-state index contributed by atoms with van der Waals surface area (Å²) in [6, 6.07) is 7.43. The van der Waals surface area contributed by atoms with Gasteiger partial charge in [0.15, 0.2) is 0 Å². The number of hydrogen-bond acceptors (Lipinski definition) is 7. The van der Waals surface area contributed by atoms with E-state index in [1.807, 2.05) is 24.3 Å². The fourth-order valence-electron chi connectivity index (χ4n) is 4.60. The van der Waals surface area contributed by atoms with E-state index < -0.39 is 0 Å².